The summed E-state index contributed by atoms with van der Waals surface area (Å²) in [6.07, 6.45) is 3.49. The van der Waals surface area contributed by atoms with Gasteiger partial charge in [0.25, 0.3) is 0 Å². The molecule has 0 atom stereocenters. The molecule has 0 saturated heterocycles. The average molecular weight is 392 g/mol. The van der Waals surface area contributed by atoms with Gasteiger partial charge in [0.1, 0.15) is 5.75 Å². The third-order valence-electron chi connectivity index (χ3n) is 5.68. The number of carbonyl (C=O) groups excluding carboxylic acids is 1. The van der Waals surface area contributed by atoms with E-state index in [-0.39, 0.29) is 12.5 Å². The number of ether oxygens (including phenoxy) is 1. The molecule has 2 N–H and O–H groups in total. The lowest BCUT2D eigenvalue weighted by Gasteiger charge is -2.21. The molecule has 5 nitrogen and oxygen atoms in total. The number of methoxy groups -OCH3 is 1. The molecule has 0 unspecified atom stereocenters. The average Bonchev–Trinajstić information content (AvgIpc) is 3.50. The molecule has 29 heavy (non-hydrogen) atoms. The maximum Gasteiger partial charge on any atom is 0.222 e. The SMILES string of the molecule is COc1ccc(-c2[nH]c3ccccc3c2CCC(=O)N(CCO)CC2CC2)cc1. The fourth-order valence-electron chi connectivity index (χ4n) is 3.90. The Kier molecular flexibility index (Phi) is 5.86. The first-order chi connectivity index (χ1) is 14.2. The molecule has 2 aromatic carbocycles. The number of benzene rings is 2. The van der Waals surface area contributed by atoms with Crippen LogP contribution in [0.3, 0.4) is 0 Å². The summed E-state index contributed by atoms with van der Waals surface area (Å²) in [6, 6.07) is 16.2. The zero-order valence-corrected chi connectivity index (χ0v) is 16.9. The van der Waals surface area contributed by atoms with Crippen LogP contribution < -0.4 is 4.74 Å². The third kappa shape index (κ3) is 4.46. The number of amides is 1. The Bertz CT molecular complexity index is 973. The van der Waals surface area contributed by atoms with Crippen molar-refractivity contribution in [3.05, 3.63) is 54.1 Å². The minimum atomic E-state index is 0.0165. The summed E-state index contributed by atoms with van der Waals surface area (Å²) >= 11 is 0. The third-order valence-corrected chi connectivity index (χ3v) is 5.68. The van der Waals surface area contributed by atoms with E-state index in [4.69, 9.17) is 4.74 Å². The van der Waals surface area contributed by atoms with Crippen molar-refractivity contribution in [2.24, 2.45) is 5.92 Å². The molecule has 0 radical (unpaired) electrons. The molecule has 0 bridgehead atoms. The highest BCUT2D eigenvalue weighted by Crippen LogP contribution is 2.33. The predicted octanol–water partition coefficient (Wildman–Crippen LogP) is 4.01. The van der Waals surface area contributed by atoms with E-state index in [9.17, 15) is 9.90 Å². The predicted molar refractivity (Wildman–Crippen MR) is 115 cm³/mol. The van der Waals surface area contributed by atoms with Crippen molar-refractivity contribution in [3.8, 4) is 17.0 Å². The molecule has 1 aromatic heterocycles. The molecule has 4 rings (SSSR count). The van der Waals surface area contributed by atoms with E-state index in [1.807, 2.05) is 41.3 Å². The fourth-order valence-corrected chi connectivity index (χ4v) is 3.90. The number of aromatic nitrogens is 1. The van der Waals surface area contributed by atoms with Crippen molar-refractivity contribution >= 4 is 16.8 Å². The molecule has 1 aliphatic carbocycles. The highest BCUT2D eigenvalue weighted by molar-refractivity contribution is 5.91. The van der Waals surface area contributed by atoms with Gasteiger partial charge in [-0.2, -0.15) is 0 Å². The number of hydrogen-bond donors (Lipinski definition) is 2. The zero-order valence-electron chi connectivity index (χ0n) is 16.9. The minimum Gasteiger partial charge on any atom is -0.497 e. The van der Waals surface area contributed by atoms with Crippen LogP contribution in [0.5, 0.6) is 5.75 Å². The smallest absolute Gasteiger partial charge is 0.222 e. The second kappa shape index (κ2) is 8.70. The molecule has 1 fully saturated rings. The fraction of sp³-hybridized carbons (Fsp3) is 0.375. The summed E-state index contributed by atoms with van der Waals surface area (Å²) in [5.41, 5.74) is 4.37. The van der Waals surface area contributed by atoms with Crippen LogP contribution in [-0.2, 0) is 11.2 Å². The second-order valence-electron chi connectivity index (χ2n) is 7.76. The summed E-state index contributed by atoms with van der Waals surface area (Å²) in [4.78, 5) is 18.2. The normalized spacial score (nSPS) is 13.6. The van der Waals surface area contributed by atoms with Gasteiger partial charge >= 0.3 is 0 Å². The lowest BCUT2D eigenvalue weighted by atomic mass is 10.0. The molecular weight excluding hydrogens is 364 g/mol. The highest BCUT2D eigenvalue weighted by atomic mass is 16.5. The number of aromatic amines is 1. The molecule has 1 saturated carbocycles. The molecule has 1 aliphatic rings. The lowest BCUT2D eigenvalue weighted by molar-refractivity contribution is -0.131. The molecule has 152 valence electrons. The highest BCUT2D eigenvalue weighted by Gasteiger charge is 2.26. The van der Waals surface area contributed by atoms with E-state index in [2.05, 4.69) is 17.1 Å². The number of aryl methyl sites for hydroxylation is 1. The van der Waals surface area contributed by atoms with E-state index >= 15 is 0 Å². The largest absolute Gasteiger partial charge is 0.497 e. The number of nitrogens with one attached hydrogen (secondary N) is 1. The van der Waals surface area contributed by atoms with Crippen LogP contribution in [0.1, 0.15) is 24.8 Å². The first kappa shape index (κ1) is 19.5. The Balaban J connectivity index is 1.58. The van der Waals surface area contributed by atoms with Crippen LogP contribution in [0.2, 0.25) is 0 Å². The van der Waals surface area contributed by atoms with Crippen LogP contribution in [-0.4, -0.2) is 47.7 Å². The topological polar surface area (TPSA) is 65.6 Å². The number of aliphatic hydroxyl groups is 1. The van der Waals surface area contributed by atoms with Crippen LogP contribution in [0, 0.1) is 5.92 Å². The van der Waals surface area contributed by atoms with Crippen LogP contribution in [0.4, 0.5) is 0 Å². The van der Waals surface area contributed by atoms with Gasteiger partial charge in [0.15, 0.2) is 0 Å². The molecule has 1 heterocycles. The van der Waals surface area contributed by atoms with Crippen LogP contribution in [0.25, 0.3) is 22.2 Å². The monoisotopic (exact) mass is 392 g/mol. The van der Waals surface area contributed by atoms with Gasteiger partial charge in [-0.3, -0.25) is 4.79 Å². The van der Waals surface area contributed by atoms with Crippen molar-refractivity contribution < 1.29 is 14.6 Å². The molecule has 3 aromatic rings. The quantitative estimate of drug-likeness (QED) is 0.578. The van der Waals surface area contributed by atoms with Gasteiger partial charge < -0.3 is 19.7 Å². The first-order valence-corrected chi connectivity index (χ1v) is 10.3. The van der Waals surface area contributed by atoms with Gasteiger partial charge in [-0.1, -0.05) is 18.2 Å². The number of H-pyrrole nitrogens is 1. The molecule has 0 aliphatic heterocycles. The van der Waals surface area contributed by atoms with Crippen molar-refractivity contribution in [1.82, 2.24) is 9.88 Å². The maximum atomic E-state index is 12.8. The lowest BCUT2D eigenvalue weighted by Crippen LogP contribution is -2.35. The number of fused-ring (bicyclic) bond motifs is 1. The van der Waals surface area contributed by atoms with Gasteiger partial charge in [-0.15, -0.1) is 0 Å². The number of para-hydroxylation sites is 1. The standard InChI is InChI=1S/C24H28N2O3/c1-29-19-10-8-18(9-11-19)24-21(20-4-2-3-5-22(20)25-24)12-13-23(28)26(14-15-27)16-17-6-7-17/h2-5,8-11,17,25,27H,6-7,12-16H2,1H3. The van der Waals surface area contributed by atoms with Crippen LogP contribution in [0.15, 0.2) is 48.5 Å². The first-order valence-electron chi connectivity index (χ1n) is 10.3. The molecule has 5 heteroatoms. The van der Waals surface area contributed by atoms with Crippen molar-refractivity contribution in [2.45, 2.75) is 25.7 Å². The van der Waals surface area contributed by atoms with Gasteiger partial charge in [-0.25, -0.2) is 0 Å². The van der Waals surface area contributed by atoms with Crippen molar-refractivity contribution in [3.63, 3.8) is 0 Å². The second-order valence-corrected chi connectivity index (χ2v) is 7.76. The van der Waals surface area contributed by atoms with E-state index in [0.717, 1.165) is 40.0 Å². The summed E-state index contributed by atoms with van der Waals surface area (Å²) in [7, 11) is 1.66. The summed E-state index contributed by atoms with van der Waals surface area (Å²) in [5, 5.41) is 10.5. The summed E-state index contributed by atoms with van der Waals surface area (Å²) in [5.74, 6) is 1.56. The van der Waals surface area contributed by atoms with E-state index in [0.29, 0.717) is 25.3 Å². The van der Waals surface area contributed by atoms with Gasteiger partial charge in [-0.05, 0) is 66.6 Å². The molecular formula is C24H28N2O3. The number of aliphatic hydroxyl groups excluding tert-OH is 1. The van der Waals surface area contributed by atoms with Gasteiger partial charge in [0.05, 0.1) is 13.7 Å². The maximum absolute atomic E-state index is 12.8. The number of rotatable bonds is 9. The zero-order chi connectivity index (χ0) is 20.2. The van der Waals surface area contributed by atoms with Crippen LogP contribution >= 0.6 is 0 Å². The van der Waals surface area contributed by atoms with Gasteiger partial charge in [0, 0.05) is 36.1 Å². The molecule has 0 spiro atoms. The Morgan fingerprint density at radius 3 is 2.62 bits per heavy atom. The Hall–Kier alpha value is -2.79. The van der Waals surface area contributed by atoms with E-state index in [1.54, 1.807) is 7.11 Å². The summed E-state index contributed by atoms with van der Waals surface area (Å²) < 4.78 is 5.28. The van der Waals surface area contributed by atoms with E-state index < -0.39 is 0 Å². The van der Waals surface area contributed by atoms with E-state index in [1.165, 1.54) is 12.8 Å². The minimum absolute atomic E-state index is 0.0165. The number of hydrogen-bond acceptors (Lipinski definition) is 3. The van der Waals surface area contributed by atoms with Gasteiger partial charge in [0.2, 0.25) is 5.91 Å². The van der Waals surface area contributed by atoms with Crippen molar-refractivity contribution in [1.29, 1.82) is 0 Å². The molecule has 1 amide bonds. The summed E-state index contributed by atoms with van der Waals surface area (Å²) in [6.45, 7) is 1.22. The Morgan fingerprint density at radius 1 is 1.17 bits per heavy atom. The number of nitrogens with zero attached hydrogens (tertiary/aromatic N) is 1. The van der Waals surface area contributed by atoms with Crippen molar-refractivity contribution in [2.75, 3.05) is 26.8 Å². The number of carbonyl (C=O) groups is 1. The Morgan fingerprint density at radius 2 is 1.93 bits per heavy atom. The Labute approximate surface area is 171 Å².